The standard InChI is InChI=1S/C8H7ClN2O/c9-8-6(2-1-5-12)7(10)3-4-11-8/h3-4,12H,5H2,(H2,10,11). The Kier molecular flexibility index (Phi) is 2.92. The number of nitrogens with two attached hydrogens (primary N) is 1. The van der Waals surface area contributed by atoms with E-state index in [2.05, 4.69) is 16.8 Å². The maximum atomic E-state index is 8.43. The van der Waals surface area contributed by atoms with E-state index in [4.69, 9.17) is 22.4 Å². The summed E-state index contributed by atoms with van der Waals surface area (Å²) in [5.74, 6) is 5.06. The normalized spacial score (nSPS) is 8.83. The Bertz CT molecular complexity index is 320. The van der Waals surface area contributed by atoms with E-state index in [9.17, 15) is 0 Å². The SMILES string of the molecule is Nc1ccnc(Cl)c1C#CCO. The molecular weight excluding hydrogens is 176 g/mol. The van der Waals surface area contributed by atoms with Gasteiger partial charge in [0.1, 0.15) is 11.8 Å². The number of anilines is 1. The molecule has 0 saturated carbocycles. The van der Waals surface area contributed by atoms with Gasteiger partial charge in [0.15, 0.2) is 0 Å². The van der Waals surface area contributed by atoms with Crippen LogP contribution in [0.1, 0.15) is 5.56 Å². The second kappa shape index (κ2) is 3.96. The molecule has 0 bridgehead atoms. The van der Waals surface area contributed by atoms with Gasteiger partial charge >= 0.3 is 0 Å². The summed E-state index contributed by atoms with van der Waals surface area (Å²) in [6.07, 6.45) is 1.50. The van der Waals surface area contributed by atoms with E-state index in [1.807, 2.05) is 0 Å². The maximum absolute atomic E-state index is 8.43. The minimum Gasteiger partial charge on any atom is -0.398 e. The number of hydrogen-bond donors (Lipinski definition) is 2. The fourth-order valence-electron chi connectivity index (χ4n) is 0.702. The van der Waals surface area contributed by atoms with Crippen molar-refractivity contribution in [2.75, 3.05) is 12.3 Å². The molecule has 3 N–H and O–H groups in total. The Morgan fingerprint density at radius 2 is 2.42 bits per heavy atom. The lowest BCUT2D eigenvalue weighted by molar-refractivity contribution is 0.350. The molecule has 0 aliphatic carbocycles. The summed E-state index contributed by atoms with van der Waals surface area (Å²) in [7, 11) is 0. The zero-order chi connectivity index (χ0) is 8.97. The molecule has 0 spiro atoms. The molecule has 0 fully saturated rings. The highest BCUT2D eigenvalue weighted by Gasteiger charge is 2.00. The van der Waals surface area contributed by atoms with E-state index in [0.29, 0.717) is 11.3 Å². The summed E-state index contributed by atoms with van der Waals surface area (Å²) in [4.78, 5) is 3.79. The monoisotopic (exact) mass is 182 g/mol. The van der Waals surface area contributed by atoms with Crippen LogP contribution >= 0.6 is 11.6 Å². The van der Waals surface area contributed by atoms with Crippen molar-refractivity contribution in [1.29, 1.82) is 0 Å². The minimum absolute atomic E-state index is 0.218. The second-order valence-electron chi connectivity index (χ2n) is 2.03. The molecule has 0 aliphatic heterocycles. The lowest BCUT2D eigenvalue weighted by Crippen LogP contribution is -1.92. The summed E-state index contributed by atoms with van der Waals surface area (Å²) >= 11 is 5.69. The lowest BCUT2D eigenvalue weighted by Gasteiger charge is -1.97. The molecule has 0 saturated heterocycles. The van der Waals surface area contributed by atoms with Gasteiger partial charge in [-0.05, 0) is 6.07 Å². The van der Waals surface area contributed by atoms with Crippen molar-refractivity contribution in [1.82, 2.24) is 4.98 Å². The zero-order valence-corrected chi connectivity index (χ0v) is 6.97. The number of aliphatic hydroxyl groups is 1. The van der Waals surface area contributed by atoms with E-state index < -0.39 is 0 Å². The van der Waals surface area contributed by atoms with Crippen molar-refractivity contribution in [2.45, 2.75) is 0 Å². The van der Waals surface area contributed by atoms with Gasteiger partial charge in [0.05, 0.1) is 11.3 Å². The Hall–Kier alpha value is -1.24. The molecule has 0 amide bonds. The fourth-order valence-corrected chi connectivity index (χ4v) is 0.914. The number of rotatable bonds is 0. The van der Waals surface area contributed by atoms with E-state index in [-0.39, 0.29) is 11.8 Å². The predicted octanol–water partition coefficient (Wildman–Crippen LogP) is 0.661. The molecule has 0 unspecified atom stereocenters. The van der Waals surface area contributed by atoms with Crippen molar-refractivity contribution >= 4 is 17.3 Å². The van der Waals surface area contributed by atoms with Crippen molar-refractivity contribution in [3.8, 4) is 11.8 Å². The first kappa shape index (κ1) is 8.85. The van der Waals surface area contributed by atoms with Crippen LogP contribution in [0.5, 0.6) is 0 Å². The largest absolute Gasteiger partial charge is 0.398 e. The first-order valence-corrected chi connectivity index (χ1v) is 3.63. The Morgan fingerprint density at radius 3 is 3.00 bits per heavy atom. The highest BCUT2D eigenvalue weighted by molar-refractivity contribution is 6.30. The van der Waals surface area contributed by atoms with Crippen LogP contribution in [0, 0.1) is 11.8 Å². The summed E-state index contributed by atoms with van der Waals surface area (Å²) in [5, 5.41) is 8.69. The Labute approximate surface area is 75.2 Å². The van der Waals surface area contributed by atoms with Crippen LogP contribution in [0.25, 0.3) is 0 Å². The molecule has 12 heavy (non-hydrogen) atoms. The average Bonchev–Trinajstić information content (AvgIpc) is 2.04. The fraction of sp³-hybridized carbons (Fsp3) is 0.125. The maximum Gasteiger partial charge on any atom is 0.146 e. The summed E-state index contributed by atoms with van der Waals surface area (Å²) in [5.41, 5.74) is 6.49. The first-order valence-electron chi connectivity index (χ1n) is 3.25. The number of halogens is 1. The molecule has 62 valence electrons. The van der Waals surface area contributed by atoms with E-state index >= 15 is 0 Å². The number of nitrogen functional groups attached to an aromatic ring is 1. The van der Waals surface area contributed by atoms with Crippen molar-refractivity contribution < 1.29 is 5.11 Å². The van der Waals surface area contributed by atoms with Crippen molar-refractivity contribution in [2.24, 2.45) is 0 Å². The summed E-state index contributed by atoms with van der Waals surface area (Å²) in [6, 6.07) is 1.60. The highest BCUT2D eigenvalue weighted by atomic mass is 35.5. The van der Waals surface area contributed by atoms with Gasteiger partial charge in [-0.2, -0.15) is 0 Å². The third kappa shape index (κ3) is 1.88. The van der Waals surface area contributed by atoms with Gasteiger partial charge in [0, 0.05) is 6.20 Å². The zero-order valence-electron chi connectivity index (χ0n) is 6.21. The van der Waals surface area contributed by atoms with E-state index in [0.717, 1.165) is 0 Å². The number of nitrogens with zero attached hydrogens (tertiary/aromatic N) is 1. The van der Waals surface area contributed by atoms with Crippen LogP contribution in [0.4, 0.5) is 5.69 Å². The average molecular weight is 183 g/mol. The minimum atomic E-state index is -0.218. The summed E-state index contributed by atoms with van der Waals surface area (Å²) < 4.78 is 0. The van der Waals surface area contributed by atoms with Gasteiger partial charge in [-0.25, -0.2) is 4.98 Å². The molecule has 4 heteroatoms. The van der Waals surface area contributed by atoms with Crippen LogP contribution < -0.4 is 5.73 Å². The van der Waals surface area contributed by atoms with Crippen LogP contribution in [-0.4, -0.2) is 16.7 Å². The smallest absolute Gasteiger partial charge is 0.146 e. The molecule has 1 aromatic heterocycles. The van der Waals surface area contributed by atoms with Gasteiger partial charge in [0.25, 0.3) is 0 Å². The Morgan fingerprint density at radius 1 is 1.67 bits per heavy atom. The van der Waals surface area contributed by atoms with Crippen LogP contribution in [0.2, 0.25) is 5.15 Å². The third-order valence-electron chi connectivity index (χ3n) is 1.23. The van der Waals surface area contributed by atoms with E-state index in [1.54, 1.807) is 6.07 Å². The number of pyridine rings is 1. The highest BCUT2D eigenvalue weighted by Crippen LogP contribution is 2.17. The molecule has 1 aromatic rings. The summed E-state index contributed by atoms with van der Waals surface area (Å²) in [6.45, 7) is -0.218. The molecule has 0 aliphatic rings. The molecular formula is C8H7ClN2O. The predicted molar refractivity (Wildman–Crippen MR) is 47.6 cm³/mol. The van der Waals surface area contributed by atoms with Crippen LogP contribution in [0.3, 0.4) is 0 Å². The topological polar surface area (TPSA) is 59.1 Å². The molecule has 0 atom stereocenters. The third-order valence-corrected chi connectivity index (χ3v) is 1.52. The first-order chi connectivity index (χ1) is 5.75. The number of aromatic nitrogens is 1. The van der Waals surface area contributed by atoms with Crippen molar-refractivity contribution in [3.05, 3.63) is 23.0 Å². The number of aliphatic hydroxyl groups excluding tert-OH is 1. The van der Waals surface area contributed by atoms with Crippen LogP contribution in [-0.2, 0) is 0 Å². The second-order valence-corrected chi connectivity index (χ2v) is 2.38. The molecule has 1 heterocycles. The molecule has 1 rings (SSSR count). The van der Waals surface area contributed by atoms with Crippen molar-refractivity contribution in [3.63, 3.8) is 0 Å². The van der Waals surface area contributed by atoms with Gasteiger partial charge in [0.2, 0.25) is 0 Å². The lowest BCUT2D eigenvalue weighted by atomic mass is 10.2. The Balaban J connectivity index is 3.13. The molecule has 3 nitrogen and oxygen atoms in total. The van der Waals surface area contributed by atoms with E-state index in [1.165, 1.54) is 6.20 Å². The quantitative estimate of drug-likeness (QED) is 0.458. The van der Waals surface area contributed by atoms with Gasteiger partial charge < -0.3 is 10.8 Å². The van der Waals surface area contributed by atoms with Gasteiger partial charge in [-0.1, -0.05) is 23.4 Å². The van der Waals surface area contributed by atoms with Gasteiger partial charge in [-0.3, -0.25) is 0 Å². The molecule has 0 radical (unpaired) electrons. The van der Waals surface area contributed by atoms with Crippen LogP contribution in [0.15, 0.2) is 12.3 Å². The number of hydrogen-bond acceptors (Lipinski definition) is 3. The molecule has 0 aromatic carbocycles. The van der Waals surface area contributed by atoms with Gasteiger partial charge in [-0.15, -0.1) is 0 Å².